The van der Waals surface area contributed by atoms with Gasteiger partial charge in [-0.1, -0.05) is 41.1 Å². The van der Waals surface area contributed by atoms with Crippen LogP contribution in [0.3, 0.4) is 0 Å². The van der Waals surface area contributed by atoms with E-state index < -0.39 is 10.0 Å². The molecular formula is C16H18N2O3S. The van der Waals surface area contributed by atoms with E-state index in [-0.39, 0.29) is 4.90 Å². The summed E-state index contributed by atoms with van der Waals surface area (Å²) >= 11 is 0. The third-order valence-corrected chi connectivity index (χ3v) is 4.50. The van der Waals surface area contributed by atoms with Crippen molar-refractivity contribution < 1.29 is 13.3 Å². The van der Waals surface area contributed by atoms with E-state index in [1.54, 1.807) is 49.4 Å². The Morgan fingerprint density at radius 1 is 1.09 bits per heavy atom. The van der Waals surface area contributed by atoms with Crippen LogP contribution in [0.1, 0.15) is 18.1 Å². The fourth-order valence-electron chi connectivity index (χ4n) is 1.99. The molecule has 5 nitrogen and oxygen atoms in total. The van der Waals surface area contributed by atoms with Crippen LogP contribution in [-0.2, 0) is 14.9 Å². The molecule has 6 heteroatoms. The topological polar surface area (TPSA) is 67.8 Å². The molecular weight excluding hydrogens is 300 g/mol. The number of aryl methyl sites for hydroxylation is 1. The summed E-state index contributed by atoms with van der Waals surface area (Å²) in [7, 11) is -2.20. The van der Waals surface area contributed by atoms with Crippen molar-refractivity contribution in [3.63, 3.8) is 0 Å². The Kier molecular flexibility index (Phi) is 4.82. The van der Waals surface area contributed by atoms with Crippen molar-refractivity contribution in [1.29, 1.82) is 0 Å². The third kappa shape index (κ3) is 3.65. The molecule has 0 heterocycles. The maximum absolute atomic E-state index is 12.5. The smallest absolute Gasteiger partial charge is 0.261 e. The normalized spacial score (nSPS) is 12.0. The van der Waals surface area contributed by atoms with Crippen LogP contribution < -0.4 is 4.72 Å². The van der Waals surface area contributed by atoms with Crippen LogP contribution in [0.5, 0.6) is 0 Å². The molecule has 2 aromatic rings. The highest BCUT2D eigenvalue weighted by Crippen LogP contribution is 2.21. The van der Waals surface area contributed by atoms with Crippen LogP contribution in [-0.4, -0.2) is 21.2 Å². The number of anilines is 1. The van der Waals surface area contributed by atoms with Crippen molar-refractivity contribution in [3.05, 3.63) is 59.7 Å². The minimum absolute atomic E-state index is 0.217. The molecule has 0 aliphatic heterocycles. The molecule has 0 saturated carbocycles. The summed E-state index contributed by atoms with van der Waals surface area (Å²) in [5.41, 5.74) is 2.72. The summed E-state index contributed by atoms with van der Waals surface area (Å²) in [4.78, 5) is 4.97. The lowest BCUT2D eigenvalue weighted by molar-refractivity contribution is 0.213. The molecule has 0 amide bonds. The van der Waals surface area contributed by atoms with Gasteiger partial charge in [-0.15, -0.1) is 0 Å². The van der Waals surface area contributed by atoms with Gasteiger partial charge in [0, 0.05) is 5.56 Å². The van der Waals surface area contributed by atoms with E-state index in [4.69, 9.17) is 4.84 Å². The predicted molar refractivity (Wildman–Crippen MR) is 87.6 cm³/mol. The first kappa shape index (κ1) is 16.0. The van der Waals surface area contributed by atoms with Gasteiger partial charge in [-0.2, -0.15) is 0 Å². The number of nitrogens with one attached hydrogen (secondary N) is 1. The highest BCUT2D eigenvalue weighted by molar-refractivity contribution is 7.92. The van der Waals surface area contributed by atoms with Crippen LogP contribution in [0.2, 0.25) is 0 Å². The molecule has 0 radical (unpaired) electrons. The summed E-state index contributed by atoms with van der Waals surface area (Å²) in [5.74, 6) is 0. The largest absolute Gasteiger partial charge is 0.399 e. The van der Waals surface area contributed by atoms with Gasteiger partial charge in [-0.05, 0) is 32.0 Å². The standard InChI is InChI=1S/C16H18N2O3S/c1-12-8-10-14(11-9-12)22(19,20)18-16-7-5-4-6-15(16)13(2)17-21-3/h4-11,18H,1-3H3/b17-13-. The fourth-order valence-corrected chi connectivity index (χ4v) is 3.07. The van der Waals surface area contributed by atoms with Gasteiger partial charge in [0.15, 0.2) is 0 Å². The van der Waals surface area contributed by atoms with Gasteiger partial charge < -0.3 is 4.84 Å². The molecule has 0 aliphatic rings. The zero-order valence-electron chi connectivity index (χ0n) is 12.7. The molecule has 22 heavy (non-hydrogen) atoms. The average Bonchev–Trinajstić information content (AvgIpc) is 2.48. The van der Waals surface area contributed by atoms with Gasteiger partial charge in [0.25, 0.3) is 10.0 Å². The highest BCUT2D eigenvalue weighted by atomic mass is 32.2. The maximum atomic E-state index is 12.5. The van der Waals surface area contributed by atoms with Crippen LogP contribution in [0.4, 0.5) is 5.69 Å². The molecule has 0 bridgehead atoms. The van der Waals surface area contributed by atoms with Crippen molar-refractivity contribution in [1.82, 2.24) is 0 Å². The Hall–Kier alpha value is -2.34. The number of hydrogen-bond donors (Lipinski definition) is 1. The van der Waals surface area contributed by atoms with Gasteiger partial charge in [0.2, 0.25) is 0 Å². The Labute approximate surface area is 130 Å². The van der Waals surface area contributed by atoms with Crippen LogP contribution in [0.25, 0.3) is 0 Å². The van der Waals surface area contributed by atoms with E-state index in [1.807, 2.05) is 13.0 Å². The Morgan fingerprint density at radius 3 is 2.36 bits per heavy atom. The molecule has 2 rings (SSSR count). The minimum Gasteiger partial charge on any atom is -0.399 e. The monoisotopic (exact) mass is 318 g/mol. The van der Waals surface area contributed by atoms with E-state index in [1.165, 1.54) is 7.11 Å². The number of sulfonamides is 1. The van der Waals surface area contributed by atoms with E-state index in [0.29, 0.717) is 17.0 Å². The van der Waals surface area contributed by atoms with Gasteiger partial charge in [0.05, 0.1) is 16.3 Å². The van der Waals surface area contributed by atoms with Crippen LogP contribution in [0.15, 0.2) is 58.6 Å². The van der Waals surface area contributed by atoms with E-state index in [9.17, 15) is 8.42 Å². The number of nitrogens with zero attached hydrogens (tertiary/aromatic N) is 1. The van der Waals surface area contributed by atoms with E-state index in [2.05, 4.69) is 9.88 Å². The van der Waals surface area contributed by atoms with Gasteiger partial charge in [-0.3, -0.25) is 4.72 Å². The Bertz CT molecular complexity index is 781. The maximum Gasteiger partial charge on any atom is 0.261 e. The lowest BCUT2D eigenvalue weighted by Crippen LogP contribution is -2.15. The molecule has 1 N–H and O–H groups in total. The molecule has 0 aliphatic carbocycles. The molecule has 0 unspecified atom stereocenters. The Morgan fingerprint density at radius 2 is 1.73 bits per heavy atom. The third-order valence-electron chi connectivity index (χ3n) is 3.12. The molecule has 0 saturated heterocycles. The molecule has 2 aromatic carbocycles. The second kappa shape index (κ2) is 6.62. The molecule has 116 valence electrons. The van der Waals surface area contributed by atoms with Gasteiger partial charge in [0.1, 0.15) is 7.11 Å². The summed E-state index contributed by atoms with van der Waals surface area (Å²) < 4.78 is 27.5. The summed E-state index contributed by atoms with van der Waals surface area (Å²) in [5, 5.41) is 3.85. The highest BCUT2D eigenvalue weighted by Gasteiger charge is 2.16. The molecule has 0 atom stereocenters. The number of hydrogen-bond acceptors (Lipinski definition) is 4. The second-order valence-corrected chi connectivity index (χ2v) is 6.51. The van der Waals surface area contributed by atoms with Crippen molar-refractivity contribution in [2.24, 2.45) is 5.16 Å². The first-order chi connectivity index (χ1) is 10.4. The average molecular weight is 318 g/mol. The van der Waals surface area contributed by atoms with Crippen LogP contribution in [0, 0.1) is 6.92 Å². The molecule has 0 fully saturated rings. The quantitative estimate of drug-likeness (QED) is 0.680. The number of para-hydroxylation sites is 1. The summed E-state index contributed by atoms with van der Waals surface area (Å²) in [6, 6.07) is 13.7. The minimum atomic E-state index is -3.65. The van der Waals surface area contributed by atoms with E-state index >= 15 is 0 Å². The molecule has 0 spiro atoms. The zero-order chi connectivity index (χ0) is 16.2. The first-order valence-corrected chi connectivity index (χ1v) is 8.19. The number of benzene rings is 2. The fraction of sp³-hybridized carbons (Fsp3) is 0.188. The van der Waals surface area contributed by atoms with Crippen molar-refractivity contribution in [2.45, 2.75) is 18.7 Å². The summed E-state index contributed by atoms with van der Waals surface area (Å²) in [6.45, 7) is 3.66. The Balaban J connectivity index is 2.38. The lowest BCUT2D eigenvalue weighted by Gasteiger charge is -2.12. The molecule has 0 aromatic heterocycles. The van der Waals surface area contributed by atoms with Gasteiger partial charge >= 0.3 is 0 Å². The van der Waals surface area contributed by atoms with Crippen molar-refractivity contribution >= 4 is 21.4 Å². The first-order valence-electron chi connectivity index (χ1n) is 6.70. The zero-order valence-corrected chi connectivity index (χ0v) is 13.5. The predicted octanol–water partition coefficient (Wildman–Crippen LogP) is 3.17. The van der Waals surface area contributed by atoms with E-state index in [0.717, 1.165) is 5.56 Å². The number of oxime groups is 1. The number of rotatable bonds is 5. The summed E-state index contributed by atoms with van der Waals surface area (Å²) in [6.07, 6.45) is 0. The second-order valence-electron chi connectivity index (χ2n) is 4.82. The van der Waals surface area contributed by atoms with Crippen molar-refractivity contribution in [2.75, 3.05) is 11.8 Å². The lowest BCUT2D eigenvalue weighted by atomic mass is 10.1. The van der Waals surface area contributed by atoms with Crippen molar-refractivity contribution in [3.8, 4) is 0 Å². The van der Waals surface area contributed by atoms with Gasteiger partial charge in [-0.25, -0.2) is 8.42 Å². The SMILES string of the molecule is CO/N=C(/C)c1ccccc1NS(=O)(=O)c1ccc(C)cc1. The van der Waals surface area contributed by atoms with Crippen LogP contribution >= 0.6 is 0 Å².